The highest BCUT2D eigenvalue weighted by Gasteiger charge is 2.33. The van der Waals surface area contributed by atoms with Crippen molar-refractivity contribution in [3.8, 4) is 17.2 Å². The van der Waals surface area contributed by atoms with E-state index >= 15 is 0 Å². The van der Waals surface area contributed by atoms with Gasteiger partial charge in [-0.3, -0.25) is 4.79 Å². The summed E-state index contributed by atoms with van der Waals surface area (Å²) in [4.78, 5) is 16.3. The minimum atomic E-state index is -0.202. The Kier molecular flexibility index (Phi) is 6.70. The van der Waals surface area contributed by atoms with Crippen LogP contribution >= 0.6 is 11.3 Å². The number of fused-ring (bicyclic) bond motifs is 1. The summed E-state index contributed by atoms with van der Waals surface area (Å²) < 4.78 is 17.3. The molecule has 1 aromatic heterocycles. The maximum absolute atomic E-state index is 13.3. The summed E-state index contributed by atoms with van der Waals surface area (Å²) in [6.45, 7) is 5.14. The van der Waals surface area contributed by atoms with Crippen LogP contribution in [0.1, 0.15) is 33.2 Å². The Morgan fingerprint density at radius 2 is 1.78 bits per heavy atom. The number of thiophene rings is 1. The van der Waals surface area contributed by atoms with Crippen LogP contribution in [0.5, 0.6) is 17.2 Å². The minimum Gasteiger partial charge on any atom is -0.493 e. The number of aryl methyl sites for hydroxylation is 2. The molecule has 0 saturated heterocycles. The zero-order valence-electron chi connectivity index (χ0n) is 19.0. The summed E-state index contributed by atoms with van der Waals surface area (Å²) in [7, 11) is 3.28. The van der Waals surface area contributed by atoms with Crippen LogP contribution in [0.4, 0.5) is 0 Å². The molecular formula is C26H29NO4S. The highest BCUT2D eigenvalue weighted by atomic mass is 32.1. The van der Waals surface area contributed by atoms with Gasteiger partial charge in [-0.05, 0) is 78.2 Å². The van der Waals surface area contributed by atoms with Crippen LogP contribution in [0, 0.1) is 13.8 Å². The molecule has 0 bridgehead atoms. The van der Waals surface area contributed by atoms with Crippen molar-refractivity contribution in [1.82, 2.24) is 4.90 Å². The van der Waals surface area contributed by atoms with Crippen LogP contribution < -0.4 is 14.2 Å². The summed E-state index contributed by atoms with van der Waals surface area (Å²) >= 11 is 1.61. The number of hydrogen-bond donors (Lipinski definition) is 0. The largest absolute Gasteiger partial charge is 0.493 e. The molecule has 0 fully saturated rings. The number of benzene rings is 2. The Morgan fingerprint density at radius 3 is 2.44 bits per heavy atom. The number of nitrogens with zero attached hydrogens (tertiary/aromatic N) is 1. The highest BCUT2D eigenvalue weighted by Crippen LogP contribution is 2.38. The fourth-order valence-electron chi connectivity index (χ4n) is 4.36. The van der Waals surface area contributed by atoms with Gasteiger partial charge in [-0.15, -0.1) is 11.3 Å². The predicted molar refractivity (Wildman–Crippen MR) is 127 cm³/mol. The molecule has 6 heteroatoms. The number of carbonyl (C=O) groups is 1. The van der Waals surface area contributed by atoms with E-state index in [4.69, 9.17) is 14.2 Å². The van der Waals surface area contributed by atoms with Gasteiger partial charge in [0.1, 0.15) is 12.4 Å². The summed E-state index contributed by atoms with van der Waals surface area (Å²) in [5.74, 6) is 2.30. The van der Waals surface area contributed by atoms with Crippen molar-refractivity contribution >= 4 is 17.2 Å². The van der Waals surface area contributed by atoms with Gasteiger partial charge in [0.15, 0.2) is 11.5 Å². The first-order valence-electron chi connectivity index (χ1n) is 10.8. The molecule has 1 amide bonds. The third kappa shape index (κ3) is 4.75. The third-order valence-electron chi connectivity index (χ3n) is 5.83. The second-order valence-electron chi connectivity index (χ2n) is 8.15. The second kappa shape index (κ2) is 9.65. The molecule has 2 aromatic carbocycles. The maximum Gasteiger partial charge on any atom is 0.228 e. The first kappa shape index (κ1) is 22.2. The van der Waals surface area contributed by atoms with E-state index in [2.05, 4.69) is 19.9 Å². The molecule has 4 rings (SSSR count). The molecule has 168 valence electrons. The molecule has 0 radical (unpaired) electrons. The van der Waals surface area contributed by atoms with Crippen LogP contribution in [-0.4, -0.2) is 38.2 Å². The summed E-state index contributed by atoms with van der Waals surface area (Å²) in [6.07, 6.45) is 1.17. The second-order valence-corrected chi connectivity index (χ2v) is 9.18. The number of hydrogen-bond acceptors (Lipinski definition) is 5. The van der Waals surface area contributed by atoms with Crippen LogP contribution in [0.2, 0.25) is 0 Å². The van der Waals surface area contributed by atoms with E-state index in [1.54, 1.807) is 25.6 Å². The van der Waals surface area contributed by atoms with Crippen molar-refractivity contribution in [2.24, 2.45) is 0 Å². The van der Waals surface area contributed by atoms with E-state index in [1.165, 1.54) is 0 Å². The molecule has 3 aromatic rings. The lowest BCUT2D eigenvalue weighted by atomic mass is 9.91. The van der Waals surface area contributed by atoms with Crippen LogP contribution in [-0.2, 0) is 17.6 Å². The van der Waals surface area contributed by atoms with Gasteiger partial charge >= 0.3 is 0 Å². The summed E-state index contributed by atoms with van der Waals surface area (Å²) in [6, 6.07) is 14.0. The zero-order valence-corrected chi connectivity index (χ0v) is 19.8. The van der Waals surface area contributed by atoms with E-state index in [-0.39, 0.29) is 11.9 Å². The Balaban J connectivity index is 1.66. The smallest absolute Gasteiger partial charge is 0.228 e. The molecule has 2 heterocycles. The van der Waals surface area contributed by atoms with Crippen molar-refractivity contribution in [2.45, 2.75) is 32.7 Å². The average molecular weight is 452 g/mol. The molecular weight excluding hydrogens is 422 g/mol. The molecule has 1 atom stereocenters. The first-order valence-corrected chi connectivity index (χ1v) is 11.6. The monoisotopic (exact) mass is 451 g/mol. The van der Waals surface area contributed by atoms with E-state index in [0.29, 0.717) is 31.1 Å². The SMILES string of the molecule is COc1cc2c(cc1OC)C(COc1cc(C)cc(C)c1)N(C(=O)Cc1cccs1)CC2. The van der Waals surface area contributed by atoms with E-state index in [9.17, 15) is 4.79 Å². The molecule has 0 spiro atoms. The lowest BCUT2D eigenvalue weighted by Crippen LogP contribution is -2.43. The lowest BCUT2D eigenvalue weighted by molar-refractivity contribution is -0.134. The lowest BCUT2D eigenvalue weighted by Gasteiger charge is -2.37. The predicted octanol–water partition coefficient (Wildman–Crippen LogP) is 5.13. The van der Waals surface area contributed by atoms with E-state index < -0.39 is 0 Å². The Morgan fingerprint density at radius 1 is 1.06 bits per heavy atom. The van der Waals surface area contributed by atoms with Gasteiger partial charge < -0.3 is 19.1 Å². The highest BCUT2D eigenvalue weighted by molar-refractivity contribution is 7.10. The fraction of sp³-hybridized carbons (Fsp3) is 0.346. The van der Waals surface area contributed by atoms with Crippen molar-refractivity contribution in [3.63, 3.8) is 0 Å². The topological polar surface area (TPSA) is 48.0 Å². The van der Waals surface area contributed by atoms with Crippen molar-refractivity contribution in [1.29, 1.82) is 0 Å². The molecule has 0 N–H and O–H groups in total. The number of carbonyl (C=O) groups excluding carboxylic acids is 1. The van der Waals surface area contributed by atoms with Crippen molar-refractivity contribution in [3.05, 3.63) is 75.0 Å². The third-order valence-corrected chi connectivity index (χ3v) is 6.71. The van der Waals surface area contributed by atoms with Gasteiger partial charge in [-0.2, -0.15) is 0 Å². The molecule has 1 aliphatic rings. The molecule has 1 aliphatic heterocycles. The van der Waals surface area contributed by atoms with Gasteiger partial charge in [0.2, 0.25) is 5.91 Å². The van der Waals surface area contributed by atoms with Crippen molar-refractivity contribution < 1.29 is 19.0 Å². The van der Waals surface area contributed by atoms with Gasteiger partial charge in [0.25, 0.3) is 0 Å². The zero-order chi connectivity index (χ0) is 22.7. The van der Waals surface area contributed by atoms with E-state index in [0.717, 1.165) is 39.3 Å². The molecule has 32 heavy (non-hydrogen) atoms. The summed E-state index contributed by atoms with van der Waals surface area (Å²) in [5.41, 5.74) is 4.52. The van der Waals surface area contributed by atoms with Gasteiger partial charge in [0, 0.05) is 11.4 Å². The number of rotatable bonds is 7. The quantitative estimate of drug-likeness (QED) is 0.500. The number of amides is 1. The van der Waals surface area contributed by atoms with Gasteiger partial charge in [-0.1, -0.05) is 12.1 Å². The van der Waals surface area contributed by atoms with Crippen LogP contribution in [0.15, 0.2) is 47.8 Å². The molecule has 1 unspecified atom stereocenters. The molecule has 0 aliphatic carbocycles. The van der Waals surface area contributed by atoms with Gasteiger partial charge in [-0.25, -0.2) is 0 Å². The standard InChI is InChI=1S/C26H29NO4S/c1-17-10-18(2)12-20(11-17)31-16-23-22-15-25(30-4)24(29-3)13-19(22)7-8-27(23)26(28)14-21-6-5-9-32-21/h5-6,9-13,15,23H,7-8,14,16H2,1-4H3. The fourth-order valence-corrected chi connectivity index (χ4v) is 5.06. The maximum atomic E-state index is 13.3. The molecule has 5 nitrogen and oxygen atoms in total. The van der Waals surface area contributed by atoms with Crippen LogP contribution in [0.25, 0.3) is 0 Å². The van der Waals surface area contributed by atoms with E-state index in [1.807, 2.05) is 46.7 Å². The molecule has 0 saturated carbocycles. The number of ether oxygens (including phenoxy) is 3. The Labute approximate surface area is 193 Å². The normalized spacial score (nSPS) is 15.2. The minimum absolute atomic E-state index is 0.113. The average Bonchev–Trinajstić information content (AvgIpc) is 3.28. The van der Waals surface area contributed by atoms with Gasteiger partial charge in [0.05, 0.1) is 26.7 Å². The summed E-state index contributed by atoms with van der Waals surface area (Å²) in [5, 5.41) is 2.01. The first-order chi connectivity index (χ1) is 15.5. The Bertz CT molecular complexity index is 1070. The number of methoxy groups -OCH3 is 2. The van der Waals surface area contributed by atoms with Crippen LogP contribution in [0.3, 0.4) is 0 Å². The Hall–Kier alpha value is -2.99. The van der Waals surface area contributed by atoms with Crippen molar-refractivity contribution in [2.75, 3.05) is 27.4 Å².